The van der Waals surface area contributed by atoms with E-state index in [0.29, 0.717) is 17.4 Å². The number of carbonyl (C=O) groups is 2. The minimum Gasteiger partial charge on any atom is -0.503 e. The van der Waals surface area contributed by atoms with Crippen molar-refractivity contribution in [1.82, 2.24) is 0 Å². The summed E-state index contributed by atoms with van der Waals surface area (Å²) >= 11 is 0. The van der Waals surface area contributed by atoms with Gasteiger partial charge in [0.05, 0.1) is 13.4 Å². The third kappa shape index (κ3) is 2.43. The van der Waals surface area contributed by atoms with Gasteiger partial charge in [-0.3, -0.25) is 4.79 Å². The lowest BCUT2D eigenvalue weighted by Crippen LogP contribution is -2.03. The van der Waals surface area contributed by atoms with Crippen molar-refractivity contribution in [3.63, 3.8) is 0 Å². The Labute approximate surface area is 86.8 Å². The number of aliphatic carboxylic acids is 1. The molecule has 1 rings (SSSR count). The van der Waals surface area contributed by atoms with Gasteiger partial charge in [-0.2, -0.15) is 0 Å². The molecule has 0 aromatic heterocycles. The average Bonchev–Trinajstić information content (AvgIpc) is 2.25. The summed E-state index contributed by atoms with van der Waals surface area (Å²) in [6.45, 7) is 0. The predicted octanol–water partition coefficient (Wildman–Crippen LogP) is 1.57. The molecule has 4 nitrogen and oxygen atoms in total. The van der Waals surface area contributed by atoms with Crippen LogP contribution in [0.5, 0.6) is 0 Å². The molecule has 0 unspecified atom stereocenters. The van der Waals surface area contributed by atoms with Crippen LogP contribution in [-0.2, 0) is 9.53 Å². The Bertz CT molecular complexity index is 407. The molecule has 0 spiro atoms. The van der Waals surface area contributed by atoms with Crippen molar-refractivity contribution >= 4 is 17.8 Å². The molecule has 0 fully saturated rings. The normalized spacial score (nSPS) is 10.9. The number of hydrogen-bond acceptors (Lipinski definition) is 3. The second-order valence-corrected chi connectivity index (χ2v) is 2.78. The molecular weight excluding hydrogens is 196 g/mol. The fraction of sp³-hybridized carbons (Fsp3) is 0.0909. The van der Waals surface area contributed by atoms with Crippen LogP contribution in [0.25, 0.3) is 5.57 Å². The van der Waals surface area contributed by atoms with Crippen molar-refractivity contribution in [2.24, 2.45) is 0 Å². The number of aldehydes is 1. The lowest BCUT2D eigenvalue weighted by atomic mass is 10.0. The highest BCUT2D eigenvalue weighted by Crippen LogP contribution is 2.18. The molecule has 0 saturated heterocycles. The monoisotopic (exact) mass is 206 g/mol. The van der Waals surface area contributed by atoms with Gasteiger partial charge in [0, 0.05) is 11.1 Å². The summed E-state index contributed by atoms with van der Waals surface area (Å²) in [6, 6.07) is 6.44. The van der Waals surface area contributed by atoms with E-state index in [2.05, 4.69) is 4.74 Å². The van der Waals surface area contributed by atoms with Crippen LogP contribution >= 0.6 is 0 Å². The van der Waals surface area contributed by atoms with Gasteiger partial charge in [0.15, 0.2) is 6.29 Å². The van der Waals surface area contributed by atoms with Crippen LogP contribution in [-0.4, -0.2) is 24.5 Å². The molecule has 4 heteroatoms. The molecule has 0 aliphatic rings. The van der Waals surface area contributed by atoms with Crippen LogP contribution < -0.4 is 0 Å². The summed E-state index contributed by atoms with van der Waals surface area (Å²) in [5.74, 6) is -1.13. The third-order valence-corrected chi connectivity index (χ3v) is 1.84. The van der Waals surface area contributed by atoms with E-state index in [4.69, 9.17) is 5.11 Å². The highest BCUT2D eigenvalue weighted by atomic mass is 16.5. The lowest BCUT2D eigenvalue weighted by molar-refractivity contribution is -0.130. The van der Waals surface area contributed by atoms with Crippen molar-refractivity contribution in [2.45, 2.75) is 0 Å². The maximum absolute atomic E-state index is 10.9. The van der Waals surface area contributed by atoms with Crippen LogP contribution in [0.3, 0.4) is 0 Å². The number of carbonyl (C=O) groups excluding carboxylic acids is 1. The molecule has 0 saturated carbocycles. The van der Waals surface area contributed by atoms with Crippen LogP contribution in [0, 0.1) is 0 Å². The summed E-state index contributed by atoms with van der Waals surface area (Å²) in [5.41, 5.74) is 0.630. The Hall–Kier alpha value is -2.10. The van der Waals surface area contributed by atoms with E-state index < -0.39 is 5.97 Å². The Morgan fingerprint density at radius 2 is 2.07 bits per heavy atom. The summed E-state index contributed by atoms with van der Waals surface area (Å²) in [5, 5.41) is 8.91. The smallest absolute Gasteiger partial charge is 0.339 e. The highest BCUT2D eigenvalue weighted by molar-refractivity contribution is 6.16. The third-order valence-electron chi connectivity index (χ3n) is 1.84. The van der Waals surface area contributed by atoms with Gasteiger partial charge in [-0.15, -0.1) is 0 Å². The number of carboxylic acid groups (broad SMARTS) is 1. The van der Waals surface area contributed by atoms with Crippen molar-refractivity contribution in [3.05, 3.63) is 41.7 Å². The molecule has 78 valence electrons. The predicted molar refractivity (Wildman–Crippen MR) is 54.5 cm³/mol. The number of hydrogen-bond donors (Lipinski definition) is 1. The van der Waals surface area contributed by atoms with Gasteiger partial charge in [-0.05, 0) is 0 Å². The van der Waals surface area contributed by atoms with E-state index in [0.717, 1.165) is 6.26 Å². The first kappa shape index (κ1) is 11.0. The first-order chi connectivity index (χ1) is 7.20. The van der Waals surface area contributed by atoms with Crippen LogP contribution in [0.15, 0.2) is 30.5 Å². The SMILES string of the molecule is COC=C(C(=O)O)c1ccccc1C=O. The minimum absolute atomic E-state index is 0.0415. The standard InChI is InChI=1S/C11H10O4/c1-15-7-10(11(13)14)9-5-3-2-4-8(9)6-12/h2-7H,1H3,(H,13,14). The molecule has 0 aliphatic heterocycles. The molecule has 0 bridgehead atoms. The number of rotatable bonds is 4. The Kier molecular flexibility index (Phi) is 3.62. The van der Waals surface area contributed by atoms with Gasteiger partial charge in [0.25, 0.3) is 0 Å². The van der Waals surface area contributed by atoms with E-state index >= 15 is 0 Å². The topological polar surface area (TPSA) is 63.6 Å². The van der Waals surface area contributed by atoms with Crippen molar-refractivity contribution in [2.75, 3.05) is 7.11 Å². The maximum Gasteiger partial charge on any atom is 0.339 e. The van der Waals surface area contributed by atoms with Gasteiger partial charge in [-0.1, -0.05) is 24.3 Å². The second-order valence-electron chi connectivity index (χ2n) is 2.78. The minimum atomic E-state index is -1.13. The molecule has 1 aromatic rings. The van der Waals surface area contributed by atoms with Crippen LogP contribution in [0.1, 0.15) is 15.9 Å². The molecule has 0 aliphatic carbocycles. The quantitative estimate of drug-likeness (QED) is 0.461. The summed E-state index contributed by atoms with van der Waals surface area (Å²) < 4.78 is 4.66. The molecule has 0 heterocycles. The fourth-order valence-electron chi connectivity index (χ4n) is 1.19. The zero-order chi connectivity index (χ0) is 11.3. The number of benzene rings is 1. The molecule has 1 N–H and O–H groups in total. The van der Waals surface area contributed by atoms with Gasteiger partial charge in [0.2, 0.25) is 0 Å². The van der Waals surface area contributed by atoms with E-state index in [-0.39, 0.29) is 5.57 Å². The first-order valence-corrected chi connectivity index (χ1v) is 4.21. The average molecular weight is 206 g/mol. The molecule has 0 amide bonds. The molecule has 0 atom stereocenters. The van der Waals surface area contributed by atoms with E-state index in [1.165, 1.54) is 7.11 Å². The number of ether oxygens (including phenoxy) is 1. The molecular formula is C11H10O4. The Morgan fingerprint density at radius 3 is 2.60 bits per heavy atom. The maximum atomic E-state index is 10.9. The van der Waals surface area contributed by atoms with E-state index in [1.807, 2.05) is 0 Å². The summed E-state index contributed by atoms with van der Waals surface area (Å²) in [7, 11) is 1.35. The summed E-state index contributed by atoms with van der Waals surface area (Å²) in [6.07, 6.45) is 1.71. The first-order valence-electron chi connectivity index (χ1n) is 4.21. The lowest BCUT2D eigenvalue weighted by Gasteiger charge is -2.04. The van der Waals surface area contributed by atoms with Gasteiger partial charge in [0.1, 0.15) is 5.57 Å². The molecule has 15 heavy (non-hydrogen) atoms. The van der Waals surface area contributed by atoms with E-state index in [9.17, 15) is 9.59 Å². The van der Waals surface area contributed by atoms with Crippen molar-refractivity contribution < 1.29 is 19.4 Å². The van der Waals surface area contributed by atoms with Gasteiger partial charge in [-0.25, -0.2) is 4.79 Å². The largest absolute Gasteiger partial charge is 0.503 e. The molecule has 0 radical (unpaired) electrons. The molecule has 1 aromatic carbocycles. The van der Waals surface area contributed by atoms with Crippen LogP contribution in [0.4, 0.5) is 0 Å². The van der Waals surface area contributed by atoms with E-state index in [1.54, 1.807) is 24.3 Å². The highest BCUT2D eigenvalue weighted by Gasteiger charge is 2.13. The van der Waals surface area contributed by atoms with Gasteiger partial charge >= 0.3 is 5.97 Å². The second kappa shape index (κ2) is 4.95. The summed E-state index contributed by atoms with van der Waals surface area (Å²) in [4.78, 5) is 21.6. The Balaban J connectivity index is 3.28. The zero-order valence-corrected chi connectivity index (χ0v) is 8.14. The van der Waals surface area contributed by atoms with Crippen molar-refractivity contribution in [1.29, 1.82) is 0 Å². The zero-order valence-electron chi connectivity index (χ0n) is 8.14. The fourth-order valence-corrected chi connectivity index (χ4v) is 1.19. The van der Waals surface area contributed by atoms with Gasteiger partial charge < -0.3 is 9.84 Å². The number of methoxy groups -OCH3 is 1. The van der Waals surface area contributed by atoms with Crippen molar-refractivity contribution in [3.8, 4) is 0 Å². The number of carboxylic acids is 1. The Morgan fingerprint density at radius 1 is 1.40 bits per heavy atom. The van der Waals surface area contributed by atoms with Crippen LogP contribution in [0.2, 0.25) is 0 Å².